The second-order valence-corrected chi connectivity index (χ2v) is 7.07. The van der Waals surface area contributed by atoms with E-state index in [9.17, 15) is 13.2 Å². The molecule has 0 aliphatic rings. The molecule has 14 heavy (non-hydrogen) atoms. The van der Waals surface area contributed by atoms with Gasteiger partial charge in [-0.2, -0.15) is 11.8 Å². The Hall–Kier alpha value is -0.230. The van der Waals surface area contributed by atoms with Crippen molar-refractivity contribution in [1.82, 2.24) is 0 Å². The third kappa shape index (κ3) is 9.85. The monoisotopic (exact) mass is 240 g/mol. The Balaban J connectivity index is 3.50. The Labute approximate surface area is 89.0 Å². The highest BCUT2D eigenvalue weighted by Crippen LogP contribution is 2.15. The summed E-state index contributed by atoms with van der Waals surface area (Å²) in [6.45, 7) is 1.83. The molecule has 0 radical (unpaired) electrons. The van der Waals surface area contributed by atoms with Crippen molar-refractivity contribution < 1.29 is 18.3 Å². The minimum absolute atomic E-state index is 0.0482. The maximum absolute atomic E-state index is 10.8. The summed E-state index contributed by atoms with van der Waals surface area (Å²) < 4.78 is 21.5. The van der Waals surface area contributed by atoms with Crippen molar-refractivity contribution in [3.8, 4) is 0 Å². The summed E-state index contributed by atoms with van der Waals surface area (Å²) in [7, 11) is -2.87. The van der Waals surface area contributed by atoms with Crippen molar-refractivity contribution in [3.63, 3.8) is 0 Å². The Bertz CT molecular complexity index is 271. The first-order chi connectivity index (χ1) is 6.31. The van der Waals surface area contributed by atoms with Crippen LogP contribution in [0.3, 0.4) is 0 Å². The van der Waals surface area contributed by atoms with Crippen LogP contribution < -0.4 is 0 Å². The predicted molar refractivity (Wildman–Crippen MR) is 58.5 cm³/mol. The van der Waals surface area contributed by atoms with Gasteiger partial charge < -0.3 is 5.11 Å². The minimum atomic E-state index is -2.87. The van der Waals surface area contributed by atoms with Gasteiger partial charge >= 0.3 is 5.97 Å². The normalized spacial score (nSPS) is 13.9. The molecular weight excluding hydrogens is 224 g/mol. The molecule has 1 atom stereocenters. The van der Waals surface area contributed by atoms with E-state index in [1.54, 1.807) is 0 Å². The number of thioether (sulfide) groups is 1. The smallest absolute Gasteiger partial charge is 0.304 e. The van der Waals surface area contributed by atoms with Crippen LogP contribution in [-0.4, -0.2) is 42.5 Å². The number of carbonyl (C=O) groups is 1. The Morgan fingerprint density at radius 2 is 2.07 bits per heavy atom. The summed E-state index contributed by atoms with van der Waals surface area (Å²) >= 11 is 1.50. The van der Waals surface area contributed by atoms with Gasteiger partial charge in [-0.3, -0.25) is 4.79 Å². The van der Waals surface area contributed by atoms with E-state index in [0.29, 0.717) is 12.2 Å². The Kier molecular flexibility index (Phi) is 6.19. The van der Waals surface area contributed by atoms with Crippen LogP contribution in [0.25, 0.3) is 0 Å². The standard InChI is InChI=1S/C8H16O4S2/c1-7(6-8(9)10)13-4-3-5-14(2,11)12/h7H,3-6H2,1-2H3,(H,9,10). The van der Waals surface area contributed by atoms with Crippen LogP contribution in [-0.2, 0) is 14.6 Å². The van der Waals surface area contributed by atoms with Crippen molar-refractivity contribution >= 4 is 27.6 Å². The maximum atomic E-state index is 10.8. The van der Waals surface area contributed by atoms with Crippen LogP contribution >= 0.6 is 11.8 Å². The molecule has 1 unspecified atom stereocenters. The summed E-state index contributed by atoms with van der Waals surface area (Å²) in [5, 5.41) is 8.51. The molecular formula is C8H16O4S2. The fourth-order valence-corrected chi connectivity index (χ4v) is 2.74. The maximum Gasteiger partial charge on any atom is 0.304 e. The number of carboxylic acid groups (broad SMARTS) is 1. The molecule has 0 saturated heterocycles. The van der Waals surface area contributed by atoms with Gasteiger partial charge in [0.15, 0.2) is 0 Å². The van der Waals surface area contributed by atoms with E-state index in [4.69, 9.17) is 5.11 Å². The zero-order valence-electron chi connectivity index (χ0n) is 8.39. The minimum Gasteiger partial charge on any atom is -0.481 e. The number of aliphatic carboxylic acids is 1. The Morgan fingerprint density at radius 3 is 2.50 bits per heavy atom. The van der Waals surface area contributed by atoms with Crippen molar-refractivity contribution in [2.45, 2.75) is 25.0 Å². The molecule has 0 spiro atoms. The van der Waals surface area contributed by atoms with Crippen molar-refractivity contribution in [2.75, 3.05) is 17.8 Å². The van der Waals surface area contributed by atoms with E-state index < -0.39 is 15.8 Å². The molecule has 0 aromatic carbocycles. The summed E-state index contributed by atoms with van der Waals surface area (Å²) in [6.07, 6.45) is 1.93. The van der Waals surface area contributed by atoms with Crippen molar-refractivity contribution in [1.29, 1.82) is 0 Å². The average molecular weight is 240 g/mol. The number of hydrogen-bond acceptors (Lipinski definition) is 4. The van der Waals surface area contributed by atoms with Gasteiger partial charge in [-0.05, 0) is 12.2 Å². The summed E-state index contributed by atoms with van der Waals surface area (Å²) in [6, 6.07) is 0. The molecule has 0 aromatic rings. The van der Waals surface area contributed by atoms with Gasteiger partial charge in [0, 0.05) is 11.5 Å². The lowest BCUT2D eigenvalue weighted by molar-refractivity contribution is -0.136. The molecule has 0 fully saturated rings. The van der Waals surface area contributed by atoms with Gasteiger partial charge in [0.1, 0.15) is 9.84 Å². The van der Waals surface area contributed by atoms with Crippen LogP contribution in [0.5, 0.6) is 0 Å². The summed E-state index contributed by atoms with van der Waals surface area (Å²) in [5.74, 6) is 0.0644. The van der Waals surface area contributed by atoms with E-state index in [1.165, 1.54) is 18.0 Å². The molecule has 0 saturated carbocycles. The highest BCUT2D eigenvalue weighted by molar-refractivity contribution is 7.99. The van der Waals surface area contributed by atoms with Crippen LogP contribution in [0.15, 0.2) is 0 Å². The van der Waals surface area contributed by atoms with Crippen LogP contribution in [0, 0.1) is 0 Å². The van der Waals surface area contributed by atoms with Gasteiger partial charge in [0.05, 0.1) is 12.2 Å². The van der Waals surface area contributed by atoms with Crippen LogP contribution in [0.1, 0.15) is 19.8 Å². The zero-order chi connectivity index (χ0) is 11.2. The quantitative estimate of drug-likeness (QED) is 0.673. The van der Waals surface area contributed by atoms with Gasteiger partial charge in [-0.1, -0.05) is 6.92 Å². The van der Waals surface area contributed by atoms with Crippen molar-refractivity contribution in [3.05, 3.63) is 0 Å². The predicted octanol–water partition coefficient (Wildman–Crippen LogP) is 1.02. The lowest BCUT2D eigenvalue weighted by Gasteiger charge is -2.07. The number of rotatable bonds is 7. The molecule has 0 aliphatic heterocycles. The summed E-state index contributed by atoms with van der Waals surface area (Å²) in [4.78, 5) is 10.3. The van der Waals surface area contributed by atoms with E-state index in [1.807, 2.05) is 6.92 Å². The number of sulfone groups is 1. The lowest BCUT2D eigenvalue weighted by atomic mass is 10.3. The zero-order valence-corrected chi connectivity index (χ0v) is 10.0. The molecule has 0 rings (SSSR count). The van der Waals surface area contributed by atoms with Crippen LogP contribution in [0.2, 0.25) is 0 Å². The first kappa shape index (κ1) is 13.8. The number of carboxylic acids is 1. The fraction of sp³-hybridized carbons (Fsp3) is 0.875. The largest absolute Gasteiger partial charge is 0.481 e. The molecule has 6 heteroatoms. The van der Waals surface area contributed by atoms with Crippen molar-refractivity contribution in [2.24, 2.45) is 0 Å². The Morgan fingerprint density at radius 1 is 1.50 bits per heavy atom. The SMILES string of the molecule is CC(CC(=O)O)SCCCS(C)(=O)=O. The summed E-state index contributed by atoms with van der Waals surface area (Å²) in [5.41, 5.74) is 0. The first-order valence-electron chi connectivity index (χ1n) is 4.32. The lowest BCUT2D eigenvalue weighted by Crippen LogP contribution is -2.08. The van der Waals surface area contributed by atoms with E-state index in [2.05, 4.69) is 0 Å². The van der Waals surface area contributed by atoms with E-state index in [-0.39, 0.29) is 17.4 Å². The van der Waals surface area contributed by atoms with Gasteiger partial charge in [0.25, 0.3) is 0 Å². The van der Waals surface area contributed by atoms with E-state index in [0.717, 1.165) is 0 Å². The molecule has 84 valence electrons. The fourth-order valence-electron chi connectivity index (χ4n) is 0.910. The highest BCUT2D eigenvalue weighted by Gasteiger charge is 2.08. The average Bonchev–Trinajstić information content (AvgIpc) is 1.95. The molecule has 1 N–H and O–H groups in total. The van der Waals surface area contributed by atoms with Gasteiger partial charge in [-0.25, -0.2) is 8.42 Å². The molecule has 0 amide bonds. The second kappa shape index (κ2) is 6.29. The molecule has 4 nitrogen and oxygen atoms in total. The third-order valence-corrected chi connectivity index (χ3v) is 3.81. The second-order valence-electron chi connectivity index (χ2n) is 3.26. The van der Waals surface area contributed by atoms with Crippen LogP contribution in [0.4, 0.5) is 0 Å². The van der Waals surface area contributed by atoms with Gasteiger partial charge in [0.2, 0.25) is 0 Å². The number of hydrogen-bond donors (Lipinski definition) is 1. The topological polar surface area (TPSA) is 71.4 Å². The molecule has 0 bridgehead atoms. The first-order valence-corrected chi connectivity index (χ1v) is 7.43. The molecule has 0 aliphatic carbocycles. The highest BCUT2D eigenvalue weighted by atomic mass is 32.2. The molecule has 0 heterocycles. The van der Waals surface area contributed by atoms with E-state index >= 15 is 0 Å². The molecule has 0 aromatic heterocycles. The van der Waals surface area contributed by atoms with Gasteiger partial charge in [-0.15, -0.1) is 0 Å². The third-order valence-electron chi connectivity index (χ3n) is 1.52.